The number of halogens is 1. The highest BCUT2D eigenvalue weighted by Crippen LogP contribution is 2.32. The van der Waals surface area contributed by atoms with Crippen molar-refractivity contribution in [1.82, 2.24) is 10.2 Å². The zero-order chi connectivity index (χ0) is 15.4. The van der Waals surface area contributed by atoms with Crippen molar-refractivity contribution in [1.29, 1.82) is 0 Å². The summed E-state index contributed by atoms with van der Waals surface area (Å²) in [6, 6.07) is 3.81. The molecule has 0 unspecified atom stereocenters. The highest BCUT2D eigenvalue weighted by molar-refractivity contribution is 14.1. The zero-order valence-electron chi connectivity index (χ0n) is 12.4. The number of hydrogen-bond donors (Lipinski definition) is 2. The molecule has 0 bridgehead atoms. The molecule has 1 saturated heterocycles. The Kier molecular flexibility index (Phi) is 5.69. The summed E-state index contributed by atoms with van der Waals surface area (Å²) in [6.07, 6.45) is 2.27. The van der Waals surface area contributed by atoms with Gasteiger partial charge in [-0.25, -0.2) is 0 Å². The van der Waals surface area contributed by atoms with E-state index in [9.17, 15) is 9.90 Å². The van der Waals surface area contributed by atoms with Crippen molar-refractivity contribution in [2.75, 3.05) is 26.7 Å². The smallest absolute Gasteiger partial charge is 0.258 e. The molecule has 1 aliphatic rings. The summed E-state index contributed by atoms with van der Waals surface area (Å²) >= 11 is 2.00. The molecule has 1 amide bonds. The van der Waals surface area contributed by atoms with Crippen molar-refractivity contribution in [2.24, 2.45) is 0 Å². The highest BCUT2D eigenvalue weighted by atomic mass is 127. The summed E-state index contributed by atoms with van der Waals surface area (Å²) in [5.41, 5.74) is 0.213. The Morgan fingerprint density at radius 1 is 1.57 bits per heavy atom. The predicted octanol–water partition coefficient (Wildman–Crippen LogP) is 2.22. The number of nitrogens with one attached hydrogen (secondary N) is 1. The van der Waals surface area contributed by atoms with Crippen LogP contribution in [0.5, 0.6) is 11.5 Å². The normalized spacial score (nSPS) is 18.7. The van der Waals surface area contributed by atoms with Crippen LogP contribution in [-0.2, 0) is 0 Å². The third-order valence-corrected chi connectivity index (χ3v) is 4.81. The van der Waals surface area contributed by atoms with E-state index in [1.165, 1.54) is 13.5 Å². The Balaban J connectivity index is 2.08. The molecular weight excluding hydrogens is 383 g/mol. The standard InChI is InChI=1S/C15H21IN2O3/c1-3-18-8-4-5-10(18)9-17-15(20)13-12(21-2)7-6-11(16)14(13)19/h6-7,10,19H,3-5,8-9H2,1-2H3,(H,17,20)/t10-/m1/s1. The SMILES string of the molecule is CCN1CCC[C@@H]1CNC(=O)c1c(OC)ccc(I)c1O. The van der Waals surface area contributed by atoms with E-state index >= 15 is 0 Å². The number of ether oxygens (including phenoxy) is 1. The lowest BCUT2D eigenvalue weighted by Gasteiger charge is -2.23. The number of phenols is 1. The number of nitrogens with zero attached hydrogens (tertiary/aromatic N) is 1. The van der Waals surface area contributed by atoms with Crippen LogP contribution in [-0.4, -0.2) is 48.7 Å². The number of aromatic hydroxyl groups is 1. The average molecular weight is 404 g/mol. The van der Waals surface area contributed by atoms with Crippen LogP contribution in [0.15, 0.2) is 12.1 Å². The van der Waals surface area contributed by atoms with Gasteiger partial charge in [0, 0.05) is 12.6 Å². The molecule has 116 valence electrons. The minimum atomic E-state index is -0.286. The Bertz CT molecular complexity index is 522. The summed E-state index contributed by atoms with van der Waals surface area (Å²) in [5, 5.41) is 13.0. The number of carbonyl (C=O) groups excluding carboxylic acids is 1. The first-order valence-corrected chi connectivity index (χ1v) is 8.24. The van der Waals surface area contributed by atoms with Gasteiger partial charge in [0.15, 0.2) is 0 Å². The highest BCUT2D eigenvalue weighted by Gasteiger charge is 2.25. The summed E-state index contributed by atoms with van der Waals surface area (Å²) in [6.45, 7) is 4.82. The summed E-state index contributed by atoms with van der Waals surface area (Å²) in [4.78, 5) is 14.7. The number of benzene rings is 1. The van der Waals surface area contributed by atoms with Crippen molar-refractivity contribution in [3.05, 3.63) is 21.3 Å². The number of phenolic OH excluding ortho intramolecular Hbond substituents is 1. The Hall–Kier alpha value is -1.02. The van der Waals surface area contributed by atoms with E-state index in [1.807, 2.05) is 22.6 Å². The van der Waals surface area contributed by atoms with Gasteiger partial charge in [0.05, 0.1) is 10.7 Å². The minimum absolute atomic E-state index is 0.0220. The first-order valence-electron chi connectivity index (χ1n) is 7.16. The summed E-state index contributed by atoms with van der Waals surface area (Å²) < 4.78 is 5.82. The molecule has 0 aromatic heterocycles. The first kappa shape index (κ1) is 16.4. The van der Waals surface area contributed by atoms with Crippen LogP contribution in [0.4, 0.5) is 0 Å². The molecule has 5 nitrogen and oxygen atoms in total. The Morgan fingerprint density at radius 2 is 2.33 bits per heavy atom. The molecule has 1 aliphatic heterocycles. The van der Waals surface area contributed by atoms with Crippen LogP contribution >= 0.6 is 22.6 Å². The lowest BCUT2D eigenvalue weighted by molar-refractivity contribution is 0.0935. The maximum Gasteiger partial charge on any atom is 0.258 e. The fourth-order valence-corrected chi connectivity index (χ4v) is 3.23. The number of amides is 1. The van der Waals surface area contributed by atoms with Crippen molar-refractivity contribution in [2.45, 2.75) is 25.8 Å². The van der Waals surface area contributed by atoms with Gasteiger partial charge in [-0.1, -0.05) is 6.92 Å². The lowest BCUT2D eigenvalue weighted by Crippen LogP contribution is -2.40. The molecule has 6 heteroatoms. The van der Waals surface area contributed by atoms with Crippen molar-refractivity contribution in [3.63, 3.8) is 0 Å². The number of carbonyl (C=O) groups is 1. The summed E-state index contributed by atoms with van der Waals surface area (Å²) in [7, 11) is 1.49. The fourth-order valence-electron chi connectivity index (χ4n) is 2.78. The Morgan fingerprint density at radius 3 is 3.00 bits per heavy atom. The molecular formula is C15H21IN2O3. The number of hydrogen-bond acceptors (Lipinski definition) is 4. The molecule has 1 fully saturated rings. The van der Waals surface area contributed by atoms with Gasteiger partial charge in [-0.2, -0.15) is 0 Å². The molecule has 1 aromatic carbocycles. The molecule has 0 saturated carbocycles. The van der Waals surface area contributed by atoms with Gasteiger partial charge in [0.2, 0.25) is 0 Å². The van der Waals surface area contributed by atoms with E-state index in [0.717, 1.165) is 19.5 Å². The third-order valence-electron chi connectivity index (χ3n) is 3.94. The van der Waals surface area contributed by atoms with E-state index < -0.39 is 0 Å². The number of methoxy groups -OCH3 is 1. The van der Waals surface area contributed by atoms with Gasteiger partial charge >= 0.3 is 0 Å². The molecule has 0 aliphatic carbocycles. The topological polar surface area (TPSA) is 61.8 Å². The van der Waals surface area contributed by atoms with Gasteiger partial charge in [0.25, 0.3) is 5.91 Å². The van der Waals surface area contributed by atoms with Crippen molar-refractivity contribution in [3.8, 4) is 11.5 Å². The quantitative estimate of drug-likeness (QED) is 0.739. The van der Waals surface area contributed by atoms with E-state index in [2.05, 4.69) is 17.1 Å². The maximum absolute atomic E-state index is 12.4. The molecule has 0 radical (unpaired) electrons. The van der Waals surface area contributed by atoms with E-state index in [0.29, 0.717) is 21.9 Å². The number of likely N-dealkylation sites (N-methyl/N-ethyl adjacent to an activating group) is 1. The van der Waals surface area contributed by atoms with Gasteiger partial charge < -0.3 is 15.2 Å². The van der Waals surface area contributed by atoms with Gasteiger partial charge in [0.1, 0.15) is 17.1 Å². The minimum Gasteiger partial charge on any atom is -0.506 e. The second-order valence-electron chi connectivity index (χ2n) is 5.11. The average Bonchev–Trinajstić information content (AvgIpc) is 2.94. The lowest BCUT2D eigenvalue weighted by atomic mass is 10.1. The largest absolute Gasteiger partial charge is 0.506 e. The second kappa shape index (κ2) is 7.31. The second-order valence-corrected chi connectivity index (χ2v) is 6.27. The molecule has 21 heavy (non-hydrogen) atoms. The molecule has 1 atom stereocenters. The molecule has 2 N–H and O–H groups in total. The molecule has 1 aromatic rings. The van der Waals surface area contributed by atoms with Crippen molar-refractivity contribution >= 4 is 28.5 Å². The van der Waals surface area contributed by atoms with E-state index in [-0.39, 0.29) is 17.2 Å². The monoisotopic (exact) mass is 404 g/mol. The third kappa shape index (κ3) is 3.60. The Labute approximate surface area is 138 Å². The fraction of sp³-hybridized carbons (Fsp3) is 0.533. The van der Waals surface area contributed by atoms with Crippen LogP contribution in [0.2, 0.25) is 0 Å². The zero-order valence-corrected chi connectivity index (χ0v) is 14.5. The van der Waals surface area contributed by atoms with Crippen LogP contribution in [0.25, 0.3) is 0 Å². The van der Waals surface area contributed by atoms with E-state index in [4.69, 9.17) is 4.74 Å². The maximum atomic E-state index is 12.4. The molecule has 2 rings (SSSR count). The molecule has 0 spiro atoms. The van der Waals surface area contributed by atoms with E-state index in [1.54, 1.807) is 12.1 Å². The van der Waals surface area contributed by atoms with Crippen LogP contribution in [0, 0.1) is 3.57 Å². The van der Waals surface area contributed by atoms with Crippen LogP contribution < -0.4 is 10.1 Å². The van der Waals surface area contributed by atoms with Crippen molar-refractivity contribution < 1.29 is 14.6 Å². The van der Waals surface area contributed by atoms with Crippen LogP contribution in [0.1, 0.15) is 30.1 Å². The summed E-state index contributed by atoms with van der Waals surface area (Å²) in [5.74, 6) is 0.0845. The first-order chi connectivity index (χ1) is 10.1. The predicted molar refractivity (Wildman–Crippen MR) is 90.0 cm³/mol. The van der Waals surface area contributed by atoms with Gasteiger partial charge in [-0.05, 0) is 60.7 Å². The number of rotatable bonds is 5. The van der Waals surface area contributed by atoms with Crippen LogP contribution in [0.3, 0.4) is 0 Å². The van der Waals surface area contributed by atoms with Gasteiger partial charge in [-0.15, -0.1) is 0 Å². The molecule has 1 heterocycles. The van der Waals surface area contributed by atoms with Gasteiger partial charge in [-0.3, -0.25) is 9.69 Å². The number of likely N-dealkylation sites (tertiary alicyclic amines) is 1.